The van der Waals surface area contributed by atoms with E-state index in [0.717, 1.165) is 37.0 Å². The van der Waals surface area contributed by atoms with Crippen LogP contribution in [-0.4, -0.2) is 41.1 Å². The molecule has 26 heavy (non-hydrogen) atoms. The number of hydrogen-bond donors (Lipinski definition) is 4. The fraction of sp³-hybridized carbons (Fsp3) is 0.842. The van der Waals surface area contributed by atoms with E-state index in [1.165, 1.54) is 19.3 Å². The molecule has 0 aromatic rings. The Hall–Kier alpha value is -1.79. The Balaban J connectivity index is 1.38. The Morgan fingerprint density at radius 2 is 1.58 bits per heavy atom. The number of hydrogen-bond acceptors (Lipinski definition) is 3. The maximum atomic E-state index is 12.3. The van der Waals surface area contributed by atoms with E-state index >= 15 is 0 Å². The Kier molecular flexibility index (Phi) is 5.44. The monoisotopic (exact) mass is 365 g/mol. The highest BCUT2D eigenvalue weighted by atomic mass is 16.4. The summed E-state index contributed by atoms with van der Waals surface area (Å²) in [5.41, 5.74) is -0.0352. The third-order valence-electron chi connectivity index (χ3n) is 6.58. The van der Waals surface area contributed by atoms with E-state index in [0.29, 0.717) is 0 Å². The molecular formula is C19H31N3O4. The molecule has 7 nitrogen and oxygen atoms in total. The summed E-state index contributed by atoms with van der Waals surface area (Å²) < 4.78 is 0. The lowest BCUT2D eigenvalue weighted by atomic mass is 9.53. The lowest BCUT2D eigenvalue weighted by Crippen LogP contribution is -2.61. The predicted molar refractivity (Wildman–Crippen MR) is 96.5 cm³/mol. The zero-order valence-corrected chi connectivity index (χ0v) is 15.7. The number of nitrogens with one attached hydrogen (secondary N) is 3. The van der Waals surface area contributed by atoms with Gasteiger partial charge in [0.15, 0.2) is 0 Å². The first-order valence-corrected chi connectivity index (χ1v) is 9.84. The van der Waals surface area contributed by atoms with Gasteiger partial charge in [0.2, 0.25) is 5.91 Å². The summed E-state index contributed by atoms with van der Waals surface area (Å²) in [6.07, 6.45) is 7.42. The van der Waals surface area contributed by atoms with Gasteiger partial charge in [-0.25, -0.2) is 4.79 Å². The molecule has 0 heterocycles. The minimum absolute atomic E-state index is 0.0352. The quantitative estimate of drug-likeness (QED) is 0.552. The Morgan fingerprint density at radius 1 is 1.04 bits per heavy atom. The third kappa shape index (κ3) is 4.30. The van der Waals surface area contributed by atoms with E-state index in [1.54, 1.807) is 13.8 Å². The van der Waals surface area contributed by atoms with E-state index in [-0.39, 0.29) is 30.4 Å². The Labute approximate surface area is 154 Å². The van der Waals surface area contributed by atoms with E-state index in [2.05, 4.69) is 16.0 Å². The molecular weight excluding hydrogens is 334 g/mol. The molecule has 4 saturated carbocycles. The lowest BCUT2D eigenvalue weighted by Gasteiger charge is -2.56. The van der Waals surface area contributed by atoms with Crippen LogP contribution in [0.5, 0.6) is 0 Å². The van der Waals surface area contributed by atoms with Gasteiger partial charge < -0.3 is 21.1 Å². The molecule has 4 N–H and O–H groups in total. The summed E-state index contributed by atoms with van der Waals surface area (Å²) in [5, 5.41) is 17.6. The minimum atomic E-state index is -0.939. The summed E-state index contributed by atoms with van der Waals surface area (Å²) >= 11 is 0. The van der Waals surface area contributed by atoms with Gasteiger partial charge in [0.25, 0.3) is 0 Å². The van der Waals surface area contributed by atoms with E-state index in [9.17, 15) is 14.4 Å². The third-order valence-corrected chi connectivity index (χ3v) is 6.58. The molecule has 0 saturated heterocycles. The predicted octanol–water partition coefficient (Wildman–Crippen LogP) is 1.87. The van der Waals surface area contributed by atoms with Crippen molar-refractivity contribution < 1.29 is 19.5 Å². The number of carboxylic acid groups (broad SMARTS) is 1. The van der Waals surface area contributed by atoms with Crippen molar-refractivity contribution in [3.8, 4) is 0 Å². The van der Waals surface area contributed by atoms with Crippen LogP contribution in [0.3, 0.4) is 0 Å². The Morgan fingerprint density at radius 3 is 2.08 bits per heavy atom. The number of amides is 3. The van der Waals surface area contributed by atoms with Crippen LogP contribution in [0.4, 0.5) is 4.79 Å². The summed E-state index contributed by atoms with van der Waals surface area (Å²) in [7, 11) is 0. The van der Waals surface area contributed by atoms with E-state index < -0.39 is 17.9 Å². The highest BCUT2D eigenvalue weighted by Crippen LogP contribution is 2.55. The van der Waals surface area contributed by atoms with Gasteiger partial charge in [-0.2, -0.15) is 0 Å². The van der Waals surface area contributed by atoms with Crippen LogP contribution in [0.1, 0.15) is 58.8 Å². The van der Waals surface area contributed by atoms with Gasteiger partial charge in [0.1, 0.15) is 0 Å². The van der Waals surface area contributed by atoms with Crippen molar-refractivity contribution in [1.29, 1.82) is 0 Å². The first-order chi connectivity index (χ1) is 12.3. The zero-order chi connectivity index (χ0) is 18.9. The van der Waals surface area contributed by atoms with Gasteiger partial charge in [0.05, 0.1) is 5.92 Å². The fourth-order valence-corrected chi connectivity index (χ4v) is 5.50. The van der Waals surface area contributed by atoms with Crippen molar-refractivity contribution in [3.05, 3.63) is 0 Å². The van der Waals surface area contributed by atoms with Gasteiger partial charge in [-0.15, -0.1) is 0 Å². The summed E-state index contributed by atoms with van der Waals surface area (Å²) in [4.78, 5) is 35.1. The van der Waals surface area contributed by atoms with Crippen LogP contribution in [0.2, 0.25) is 0 Å². The highest BCUT2D eigenvalue weighted by molar-refractivity contribution is 5.79. The molecule has 4 rings (SSSR count). The standard InChI is InChI=1S/C19H31N3O4/c1-11(17(24)25)12(2)21-16(23)3-4-20-18(26)22-19-8-13-5-14(9-19)7-15(6-13)10-19/h11-15H,3-10H2,1-2H3,(H,21,23)(H,24,25)(H2,20,22,26). The van der Waals surface area contributed by atoms with Crippen molar-refractivity contribution in [2.24, 2.45) is 23.7 Å². The van der Waals surface area contributed by atoms with Crippen LogP contribution in [0.25, 0.3) is 0 Å². The van der Waals surface area contributed by atoms with E-state index in [1.807, 2.05) is 0 Å². The van der Waals surface area contributed by atoms with Crippen LogP contribution in [0.15, 0.2) is 0 Å². The molecule has 7 heteroatoms. The van der Waals surface area contributed by atoms with Gasteiger partial charge in [0, 0.05) is 24.5 Å². The second-order valence-electron chi connectivity index (χ2n) is 8.81. The number of carboxylic acids is 1. The molecule has 4 aliphatic carbocycles. The van der Waals surface area contributed by atoms with Crippen LogP contribution < -0.4 is 16.0 Å². The number of aliphatic carboxylic acids is 1. The van der Waals surface area contributed by atoms with Crippen molar-refractivity contribution in [2.45, 2.75) is 70.4 Å². The van der Waals surface area contributed by atoms with Gasteiger partial charge in [-0.3, -0.25) is 9.59 Å². The Bertz CT molecular complexity index is 542. The molecule has 3 amide bonds. The summed E-state index contributed by atoms with van der Waals surface area (Å²) in [5.74, 6) is 0.470. The average Bonchev–Trinajstić information content (AvgIpc) is 2.51. The summed E-state index contributed by atoms with van der Waals surface area (Å²) in [6.45, 7) is 3.48. The molecule has 2 unspecified atom stereocenters. The topological polar surface area (TPSA) is 108 Å². The maximum absolute atomic E-state index is 12.3. The van der Waals surface area contributed by atoms with Crippen molar-refractivity contribution >= 4 is 17.9 Å². The molecule has 0 radical (unpaired) electrons. The molecule has 146 valence electrons. The van der Waals surface area contributed by atoms with Gasteiger partial charge in [-0.1, -0.05) is 0 Å². The van der Waals surface area contributed by atoms with Crippen molar-refractivity contribution in [2.75, 3.05) is 6.54 Å². The van der Waals surface area contributed by atoms with Crippen molar-refractivity contribution in [1.82, 2.24) is 16.0 Å². The highest BCUT2D eigenvalue weighted by Gasteiger charge is 2.51. The second kappa shape index (κ2) is 7.45. The first kappa shape index (κ1) is 19.0. The first-order valence-electron chi connectivity index (χ1n) is 9.84. The zero-order valence-electron chi connectivity index (χ0n) is 15.7. The minimum Gasteiger partial charge on any atom is -0.481 e. The molecule has 4 aliphatic rings. The van der Waals surface area contributed by atoms with Gasteiger partial charge in [-0.05, 0) is 70.1 Å². The molecule has 4 fully saturated rings. The second-order valence-corrected chi connectivity index (χ2v) is 8.81. The number of rotatable bonds is 7. The molecule has 0 aliphatic heterocycles. The van der Waals surface area contributed by atoms with Crippen molar-refractivity contribution in [3.63, 3.8) is 0 Å². The molecule has 0 aromatic heterocycles. The maximum Gasteiger partial charge on any atom is 0.315 e. The van der Waals surface area contributed by atoms with Gasteiger partial charge >= 0.3 is 12.0 Å². The largest absolute Gasteiger partial charge is 0.481 e. The molecule has 0 spiro atoms. The normalized spacial score (nSPS) is 34.0. The number of carbonyl (C=O) groups is 3. The molecule has 2 atom stereocenters. The molecule has 0 aromatic carbocycles. The van der Waals surface area contributed by atoms with Crippen LogP contribution in [0, 0.1) is 23.7 Å². The van der Waals surface area contributed by atoms with Crippen LogP contribution in [-0.2, 0) is 9.59 Å². The molecule has 4 bridgehead atoms. The smallest absolute Gasteiger partial charge is 0.315 e. The fourth-order valence-electron chi connectivity index (χ4n) is 5.50. The summed E-state index contributed by atoms with van der Waals surface area (Å²) in [6, 6.07) is -0.632. The lowest BCUT2D eigenvalue weighted by molar-refractivity contribution is -0.142. The van der Waals surface area contributed by atoms with Crippen LogP contribution >= 0.6 is 0 Å². The van der Waals surface area contributed by atoms with E-state index in [4.69, 9.17) is 5.11 Å². The number of carbonyl (C=O) groups excluding carboxylic acids is 2. The average molecular weight is 365 g/mol. The number of urea groups is 1. The SMILES string of the molecule is CC(NC(=O)CCNC(=O)NC12CC3CC(CC(C3)C1)C2)C(C)C(=O)O.